The van der Waals surface area contributed by atoms with E-state index in [9.17, 15) is 13.6 Å². The zero-order valence-corrected chi connectivity index (χ0v) is 16.0. The van der Waals surface area contributed by atoms with Crippen molar-refractivity contribution in [3.05, 3.63) is 53.3 Å². The van der Waals surface area contributed by atoms with Crippen LogP contribution in [0.5, 0.6) is 5.75 Å². The molecule has 0 fully saturated rings. The van der Waals surface area contributed by atoms with E-state index < -0.39 is 18.7 Å². The zero-order chi connectivity index (χ0) is 20.1. The molecule has 2 N–H and O–H groups in total. The molecular formula is C16H14BrF2N7O2. The zero-order valence-electron chi connectivity index (χ0n) is 14.4. The predicted molar refractivity (Wildman–Crippen MR) is 98.3 cm³/mol. The molecule has 0 spiro atoms. The van der Waals surface area contributed by atoms with Crippen LogP contribution < -0.4 is 15.4 Å². The van der Waals surface area contributed by atoms with Crippen molar-refractivity contribution in [2.45, 2.75) is 19.6 Å². The van der Waals surface area contributed by atoms with Crippen molar-refractivity contribution in [3.8, 4) is 11.7 Å². The minimum atomic E-state index is -3.03. The van der Waals surface area contributed by atoms with Crippen LogP contribution in [0.25, 0.3) is 5.95 Å². The van der Waals surface area contributed by atoms with Crippen LogP contribution >= 0.6 is 15.9 Å². The number of halogens is 3. The molecule has 2 heterocycles. The van der Waals surface area contributed by atoms with Crippen molar-refractivity contribution in [2.24, 2.45) is 0 Å². The highest BCUT2D eigenvalue weighted by Crippen LogP contribution is 2.29. The fourth-order valence-electron chi connectivity index (χ4n) is 2.31. The van der Waals surface area contributed by atoms with Crippen LogP contribution in [0.2, 0.25) is 0 Å². The molecule has 1 aromatic carbocycles. The smallest absolute Gasteiger partial charge is 0.387 e. The highest BCUT2D eigenvalue weighted by Gasteiger charge is 2.19. The van der Waals surface area contributed by atoms with Gasteiger partial charge in [0.1, 0.15) is 6.33 Å². The van der Waals surface area contributed by atoms with E-state index in [1.54, 1.807) is 31.5 Å². The van der Waals surface area contributed by atoms with Gasteiger partial charge in [-0.2, -0.15) is 18.6 Å². The summed E-state index contributed by atoms with van der Waals surface area (Å²) in [5.74, 6) is 0.513. The number of hydrogen-bond donors (Lipinski definition) is 2. The third-order valence-electron chi connectivity index (χ3n) is 3.46. The SMILES string of the molecule is CC(NC(=O)Nc1ccc(Br)cc1OC(F)F)c1ncnn1-c1ncccn1. The molecule has 146 valence electrons. The van der Waals surface area contributed by atoms with Gasteiger partial charge in [-0.15, -0.1) is 0 Å². The van der Waals surface area contributed by atoms with Crippen LogP contribution in [0.3, 0.4) is 0 Å². The number of nitrogens with zero attached hydrogens (tertiary/aromatic N) is 5. The van der Waals surface area contributed by atoms with Gasteiger partial charge in [-0.25, -0.2) is 19.7 Å². The second kappa shape index (κ2) is 8.69. The minimum absolute atomic E-state index is 0.0843. The first kappa shape index (κ1) is 19.6. The summed E-state index contributed by atoms with van der Waals surface area (Å²) in [6.07, 6.45) is 4.42. The van der Waals surface area contributed by atoms with E-state index in [4.69, 9.17) is 0 Å². The molecule has 0 bridgehead atoms. The molecule has 2 amide bonds. The Morgan fingerprint density at radius 1 is 1.25 bits per heavy atom. The summed E-state index contributed by atoms with van der Waals surface area (Å²) in [7, 11) is 0. The highest BCUT2D eigenvalue weighted by molar-refractivity contribution is 9.10. The summed E-state index contributed by atoms with van der Waals surface area (Å²) in [4.78, 5) is 24.6. The van der Waals surface area contributed by atoms with E-state index in [1.807, 2.05) is 0 Å². The Morgan fingerprint density at radius 3 is 2.71 bits per heavy atom. The molecule has 0 saturated carbocycles. The van der Waals surface area contributed by atoms with E-state index in [0.29, 0.717) is 16.2 Å². The first-order valence-corrected chi connectivity index (χ1v) is 8.72. The molecule has 28 heavy (non-hydrogen) atoms. The van der Waals surface area contributed by atoms with Crippen molar-refractivity contribution in [2.75, 3.05) is 5.32 Å². The lowest BCUT2D eigenvalue weighted by atomic mass is 10.3. The number of urea groups is 1. The van der Waals surface area contributed by atoms with Gasteiger partial charge < -0.3 is 15.4 Å². The van der Waals surface area contributed by atoms with Crippen LogP contribution in [-0.2, 0) is 0 Å². The number of benzene rings is 1. The maximum atomic E-state index is 12.6. The normalized spacial score (nSPS) is 11.9. The van der Waals surface area contributed by atoms with Gasteiger partial charge in [0, 0.05) is 16.9 Å². The van der Waals surface area contributed by atoms with Crippen molar-refractivity contribution < 1.29 is 18.3 Å². The van der Waals surface area contributed by atoms with Gasteiger partial charge in [-0.05, 0) is 31.2 Å². The lowest BCUT2D eigenvalue weighted by Gasteiger charge is -2.16. The van der Waals surface area contributed by atoms with Crippen molar-refractivity contribution >= 4 is 27.6 Å². The number of carbonyl (C=O) groups excluding carboxylic acids is 1. The fourth-order valence-corrected chi connectivity index (χ4v) is 2.65. The molecule has 0 saturated heterocycles. The molecule has 3 aromatic rings. The van der Waals surface area contributed by atoms with Gasteiger partial charge >= 0.3 is 12.6 Å². The van der Waals surface area contributed by atoms with Crippen molar-refractivity contribution in [3.63, 3.8) is 0 Å². The van der Waals surface area contributed by atoms with Gasteiger partial charge in [-0.1, -0.05) is 15.9 Å². The molecular weight excluding hydrogens is 440 g/mol. The molecule has 0 aliphatic rings. The van der Waals surface area contributed by atoms with Crippen molar-refractivity contribution in [1.29, 1.82) is 0 Å². The lowest BCUT2D eigenvalue weighted by molar-refractivity contribution is -0.0493. The van der Waals surface area contributed by atoms with Crippen LogP contribution in [0.15, 0.2) is 47.5 Å². The minimum Gasteiger partial charge on any atom is -0.433 e. The first-order chi connectivity index (χ1) is 13.4. The molecule has 1 unspecified atom stereocenters. The monoisotopic (exact) mass is 453 g/mol. The maximum Gasteiger partial charge on any atom is 0.387 e. The molecule has 9 nitrogen and oxygen atoms in total. The summed E-state index contributed by atoms with van der Waals surface area (Å²) in [6.45, 7) is -1.34. The summed E-state index contributed by atoms with van der Waals surface area (Å²) >= 11 is 3.17. The molecule has 2 aromatic heterocycles. The second-order valence-electron chi connectivity index (χ2n) is 5.42. The van der Waals surface area contributed by atoms with Crippen LogP contribution in [0, 0.1) is 0 Å². The Labute approximate surface area is 166 Å². The summed E-state index contributed by atoms with van der Waals surface area (Å²) < 4.78 is 31.5. The second-order valence-corrected chi connectivity index (χ2v) is 6.33. The average molecular weight is 454 g/mol. The largest absolute Gasteiger partial charge is 0.433 e. The van der Waals surface area contributed by atoms with Crippen LogP contribution in [-0.4, -0.2) is 37.4 Å². The maximum absolute atomic E-state index is 12.6. The van der Waals surface area contributed by atoms with Gasteiger partial charge in [0.05, 0.1) is 11.7 Å². The Hall–Kier alpha value is -3.15. The van der Waals surface area contributed by atoms with E-state index in [-0.39, 0.29) is 11.4 Å². The third-order valence-corrected chi connectivity index (χ3v) is 3.95. The fraction of sp³-hybridized carbons (Fsp3) is 0.188. The Morgan fingerprint density at radius 2 is 2.00 bits per heavy atom. The molecule has 0 radical (unpaired) electrons. The Balaban J connectivity index is 1.72. The van der Waals surface area contributed by atoms with Gasteiger partial charge in [0.2, 0.25) is 0 Å². The summed E-state index contributed by atoms with van der Waals surface area (Å²) in [5, 5.41) is 9.19. The number of anilines is 1. The Bertz CT molecular complexity index is 955. The number of carbonyl (C=O) groups is 1. The van der Waals surface area contributed by atoms with Gasteiger partial charge in [0.25, 0.3) is 5.95 Å². The van der Waals surface area contributed by atoms with Gasteiger partial charge in [0.15, 0.2) is 11.6 Å². The number of rotatable bonds is 6. The number of alkyl halides is 2. The van der Waals surface area contributed by atoms with Gasteiger partial charge in [-0.3, -0.25) is 0 Å². The predicted octanol–water partition coefficient (Wildman–Crippen LogP) is 3.30. The first-order valence-electron chi connectivity index (χ1n) is 7.93. The quantitative estimate of drug-likeness (QED) is 0.592. The molecule has 0 aliphatic heterocycles. The van der Waals surface area contributed by atoms with E-state index >= 15 is 0 Å². The molecule has 12 heteroatoms. The van der Waals surface area contributed by atoms with E-state index in [1.165, 1.54) is 23.1 Å². The lowest BCUT2D eigenvalue weighted by Crippen LogP contribution is -2.33. The summed E-state index contributed by atoms with van der Waals surface area (Å²) in [5.41, 5.74) is 0.0843. The van der Waals surface area contributed by atoms with E-state index in [0.717, 1.165) is 0 Å². The highest BCUT2D eigenvalue weighted by atomic mass is 79.9. The van der Waals surface area contributed by atoms with E-state index in [2.05, 4.69) is 51.4 Å². The molecule has 0 aliphatic carbocycles. The summed E-state index contributed by atoms with van der Waals surface area (Å²) in [6, 6.07) is 4.78. The standard InChI is InChI=1S/C16H14BrF2N7O2/c1-9(13-22-8-23-26(13)15-20-5-2-6-21-15)24-16(27)25-11-4-3-10(17)7-12(11)28-14(18)19/h2-9,14H,1H3,(H2,24,25,27). The Kier molecular flexibility index (Phi) is 6.09. The number of ether oxygens (including phenoxy) is 1. The van der Waals surface area contributed by atoms with Crippen LogP contribution in [0.1, 0.15) is 18.8 Å². The number of nitrogens with one attached hydrogen (secondary N) is 2. The molecule has 3 rings (SSSR count). The third kappa shape index (κ3) is 4.76. The number of amides is 2. The van der Waals surface area contributed by atoms with Crippen molar-refractivity contribution in [1.82, 2.24) is 30.0 Å². The number of hydrogen-bond acceptors (Lipinski definition) is 6. The topological polar surface area (TPSA) is 107 Å². The van der Waals surface area contributed by atoms with Crippen LogP contribution in [0.4, 0.5) is 19.3 Å². The average Bonchev–Trinajstić information content (AvgIpc) is 3.14. The molecule has 1 atom stereocenters. The number of aromatic nitrogens is 5.